The number of nitrogens with zero attached hydrogens (tertiary/aromatic N) is 1. The first-order valence-electron chi connectivity index (χ1n) is 9.79. The third-order valence-corrected chi connectivity index (χ3v) is 5.88. The van der Waals surface area contributed by atoms with Gasteiger partial charge in [-0.05, 0) is 50.7 Å². The Morgan fingerprint density at radius 1 is 1.25 bits per heavy atom. The fourth-order valence-corrected chi connectivity index (χ4v) is 4.06. The van der Waals surface area contributed by atoms with Gasteiger partial charge in [-0.15, -0.1) is 0 Å². The van der Waals surface area contributed by atoms with Crippen LogP contribution >= 0.6 is 0 Å². The number of benzene rings is 1. The molecule has 4 amide bonds. The van der Waals surface area contributed by atoms with E-state index in [9.17, 15) is 14.4 Å². The highest BCUT2D eigenvalue weighted by Gasteiger charge is 2.51. The third-order valence-electron chi connectivity index (χ3n) is 5.88. The van der Waals surface area contributed by atoms with Gasteiger partial charge >= 0.3 is 6.03 Å². The number of fused-ring (bicyclic) bond motifs is 1. The molecule has 0 spiro atoms. The zero-order valence-corrected chi connectivity index (χ0v) is 16.2. The molecule has 28 heavy (non-hydrogen) atoms. The summed E-state index contributed by atoms with van der Waals surface area (Å²) in [5, 5.41) is 6.50. The zero-order valence-electron chi connectivity index (χ0n) is 16.2. The molecule has 4 rings (SSSR count). The van der Waals surface area contributed by atoms with Gasteiger partial charge in [0.15, 0.2) is 5.54 Å². The molecule has 2 aliphatic rings. The fourth-order valence-electron chi connectivity index (χ4n) is 4.06. The Labute approximate surface area is 163 Å². The average molecular weight is 383 g/mol. The van der Waals surface area contributed by atoms with Crippen LogP contribution in [0.2, 0.25) is 0 Å². The van der Waals surface area contributed by atoms with Crippen LogP contribution in [-0.4, -0.2) is 35.3 Å². The maximum absolute atomic E-state index is 13.0. The molecular formula is C21H25N3O4. The number of amides is 4. The van der Waals surface area contributed by atoms with Crippen molar-refractivity contribution in [1.29, 1.82) is 0 Å². The van der Waals surface area contributed by atoms with Crippen molar-refractivity contribution in [3.63, 3.8) is 0 Å². The summed E-state index contributed by atoms with van der Waals surface area (Å²) in [6.45, 7) is 3.53. The SMILES string of the molecule is CC1CCC(NC(=O)CN2C(=O)NC(C)(c3cc4ccccc4o3)C2=O)CC1. The number of urea groups is 1. The Bertz CT molecular complexity index is 896. The number of para-hydroxylation sites is 1. The van der Waals surface area contributed by atoms with Crippen molar-refractivity contribution >= 4 is 28.8 Å². The molecule has 1 aliphatic carbocycles. The summed E-state index contributed by atoms with van der Waals surface area (Å²) in [4.78, 5) is 38.8. The number of rotatable bonds is 4. The van der Waals surface area contributed by atoms with E-state index in [4.69, 9.17) is 4.42 Å². The largest absolute Gasteiger partial charge is 0.458 e. The molecule has 1 aromatic heterocycles. The van der Waals surface area contributed by atoms with E-state index in [0.29, 0.717) is 17.3 Å². The molecule has 1 saturated heterocycles. The van der Waals surface area contributed by atoms with E-state index in [1.54, 1.807) is 19.1 Å². The molecule has 2 aromatic rings. The molecule has 1 unspecified atom stereocenters. The highest BCUT2D eigenvalue weighted by Crippen LogP contribution is 2.33. The molecule has 0 radical (unpaired) electrons. The van der Waals surface area contributed by atoms with Crippen LogP contribution in [-0.2, 0) is 15.1 Å². The first kappa shape index (κ1) is 18.5. The van der Waals surface area contributed by atoms with E-state index in [1.165, 1.54) is 0 Å². The van der Waals surface area contributed by atoms with Crippen LogP contribution in [0.15, 0.2) is 34.7 Å². The van der Waals surface area contributed by atoms with Gasteiger partial charge in [-0.25, -0.2) is 4.79 Å². The van der Waals surface area contributed by atoms with E-state index in [1.807, 2.05) is 18.2 Å². The Morgan fingerprint density at radius 3 is 2.68 bits per heavy atom. The maximum Gasteiger partial charge on any atom is 0.325 e. The molecule has 1 aromatic carbocycles. The van der Waals surface area contributed by atoms with Gasteiger partial charge < -0.3 is 15.1 Å². The summed E-state index contributed by atoms with van der Waals surface area (Å²) in [5.41, 5.74) is -0.681. The van der Waals surface area contributed by atoms with Crippen LogP contribution < -0.4 is 10.6 Å². The Balaban J connectivity index is 1.46. The van der Waals surface area contributed by atoms with Gasteiger partial charge in [0.2, 0.25) is 5.91 Å². The number of hydrogen-bond donors (Lipinski definition) is 2. The number of carbonyl (C=O) groups excluding carboxylic acids is 3. The molecule has 7 heteroatoms. The molecule has 2 heterocycles. The molecule has 1 atom stereocenters. The molecule has 1 aliphatic heterocycles. The summed E-state index contributed by atoms with van der Waals surface area (Å²) in [7, 11) is 0. The molecule has 148 valence electrons. The Hall–Kier alpha value is -2.83. The first-order chi connectivity index (χ1) is 13.4. The van der Waals surface area contributed by atoms with Crippen LogP contribution in [0.4, 0.5) is 4.79 Å². The number of imide groups is 1. The minimum atomic E-state index is -1.32. The average Bonchev–Trinajstić information content (AvgIpc) is 3.20. The van der Waals surface area contributed by atoms with E-state index in [0.717, 1.165) is 36.0 Å². The second kappa shape index (κ2) is 6.96. The summed E-state index contributed by atoms with van der Waals surface area (Å²) in [6.07, 6.45) is 4.03. The van der Waals surface area contributed by atoms with Crippen LogP contribution in [0, 0.1) is 5.92 Å². The molecule has 2 fully saturated rings. The molecular weight excluding hydrogens is 358 g/mol. The minimum absolute atomic E-state index is 0.117. The molecule has 7 nitrogen and oxygen atoms in total. The van der Waals surface area contributed by atoms with Gasteiger partial charge in [0.05, 0.1) is 0 Å². The lowest BCUT2D eigenvalue weighted by molar-refractivity contribution is -0.135. The first-order valence-corrected chi connectivity index (χ1v) is 9.79. The van der Waals surface area contributed by atoms with Gasteiger partial charge in [-0.1, -0.05) is 25.1 Å². The second-order valence-electron chi connectivity index (χ2n) is 8.12. The van der Waals surface area contributed by atoms with Crippen molar-refractivity contribution in [3.8, 4) is 0 Å². The predicted molar refractivity (Wildman–Crippen MR) is 103 cm³/mol. The standard InChI is InChI=1S/C21H25N3O4/c1-13-7-9-15(10-8-13)22-18(25)12-24-19(26)21(2,23-20(24)27)17-11-14-5-3-4-6-16(14)28-17/h3-6,11,13,15H,7-10,12H2,1-2H3,(H,22,25)(H,23,27). The Morgan fingerprint density at radius 2 is 1.96 bits per heavy atom. The molecule has 1 saturated carbocycles. The van der Waals surface area contributed by atoms with Crippen LogP contribution in [0.1, 0.15) is 45.3 Å². The van der Waals surface area contributed by atoms with Gasteiger partial charge in [0.25, 0.3) is 5.91 Å². The minimum Gasteiger partial charge on any atom is -0.458 e. The van der Waals surface area contributed by atoms with Crippen molar-refractivity contribution in [2.24, 2.45) is 5.92 Å². The maximum atomic E-state index is 13.0. The van der Waals surface area contributed by atoms with E-state index < -0.39 is 17.5 Å². The lowest BCUT2D eigenvalue weighted by Crippen LogP contribution is -2.46. The van der Waals surface area contributed by atoms with Crippen molar-refractivity contribution in [1.82, 2.24) is 15.5 Å². The number of hydrogen-bond acceptors (Lipinski definition) is 4. The summed E-state index contributed by atoms with van der Waals surface area (Å²) >= 11 is 0. The van der Waals surface area contributed by atoms with Crippen molar-refractivity contribution in [2.75, 3.05) is 6.54 Å². The van der Waals surface area contributed by atoms with Crippen LogP contribution in [0.25, 0.3) is 11.0 Å². The lowest BCUT2D eigenvalue weighted by Gasteiger charge is -2.27. The molecule has 0 bridgehead atoms. The van der Waals surface area contributed by atoms with E-state index in [-0.39, 0.29) is 18.5 Å². The third kappa shape index (κ3) is 3.25. The number of furan rings is 1. The van der Waals surface area contributed by atoms with Gasteiger partial charge in [0, 0.05) is 11.4 Å². The number of carbonyl (C=O) groups is 3. The van der Waals surface area contributed by atoms with E-state index >= 15 is 0 Å². The highest BCUT2D eigenvalue weighted by molar-refractivity contribution is 6.09. The second-order valence-corrected chi connectivity index (χ2v) is 8.12. The summed E-state index contributed by atoms with van der Waals surface area (Å²) in [5.74, 6) is 0.251. The quantitative estimate of drug-likeness (QED) is 0.794. The monoisotopic (exact) mass is 383 g/mol. The number of nitrogens with one attached hydrogen (secondary N) is 2. The van der Waals surface area contributed by atoms with Crippen molar-refractivity contribution in [3.05, 3.63) is 36.1 Å². The van der Waals surface area contributed by atoms with Crippen molar-refractivity contribution < 1.29 is 18.8 Å². The normalized spacial score (nSPS) is 27.9. The predicted octanol–water partition coefficient (Wildman–Crippen LogP) is 2.89. The van der Waals surface area contributed by atoms with Gasteiger partial charge in [0.1, 0.15) is 17.9 Å². The van der Waals surface area contributed by atoms with Crippen LogP contribution in [0.5, 0.6) is 0 Å². The highest BCUT2D eigenvalue weighted by atomic mass is 16.3. The lowest BCUT2D eigenvalue weighted by atomic mass is 9.87. The van der Waals surface area contributed by atoms with Gasteiger partial charge in [-0.2, -0.15) is 0 Å². The fraction of sp³-hybridized carbons (Fsp3) is 0.476. The molecule has 2 N–H and O–H groups in total. The van der Waals surface area contributed by atoms with E-state index in [2.05, 4.69) is 17.6 Å². The smallest absolute Gasteiger partial charge is 0.325 e. The summed E-state index contributed by atoms with van der Waals surface area (Å²) in [6, 6.07) is 8.69. The Kier molecular flexibility index (Phi) is 4.61. The van der Waals surface area contributed by atoms with Crippen molar-refractivity contribution in [2.45, 2.75) is 51.1 Å². The van der Waals surface area contributed by atoms with Gasteiger partial charge in [-0.3, -0.25) is 14.5 Å². The topological polar surface area (TPSA) is 91.7 Å². The zero-order chi connectivity index (χ0) is 19.9. The van der Waals surface area contributed by atoms with Crippen LogP contribution in [0.3, 0.4) is 0 Å². The summed E-state index contributed by atoms with van der Waals surface area (Å²) < 4.78 is 5.80.